The van der Waals surface area contributed by atoms with Gasteiger partial charge in [0.15, 0.2) is 5.69 Å². The van der Waals surface area contributed by atoms with E-state index in [-0.39, 0.29) is 45.8 Å². The van der Waals surface area contributed by atoms with Gasteiger partial charge in [-0.05, 0) is 31.5 Å². The molecule has 0 spiro atoms. The van der Waals surface area contributed by atoms with Gasteiger partial charge in [-0.15, -0.1) is 11.3 Å². The Balaban J connectivity index is 1.69. The minimum atomic E-state index is -4.54. The summed E-state index contributed by atoms with van der Waals surface area (Å²) < 4.78 is 39.4. The van der Waals surface area contributed by atoms with Gasteiger partial charge in [-0.3, -0.25) is 9.59 Å². The third-order valence-corrected chi connectivity index (χ3v) is 6.21. The first-order valence-electron chi connectivity index (χ1n) is 10.1. The predicted molar refractivity (Wildman–Crippen MR) is 125 cm³/mol. The van der Waals surface area contributed by atoms with Gasteiger partial charge in [-0.2, -0.15) is 13.2 Å². The van der Waals surface area contributed by atoms with Crippen LogP contribution < -0.4 is 16.0 Å². The maximum Gasteiger partial charge on any atom is 0.416 e. The number of rotatable bonds is 8. The third kappa shape index (κ3) is 6.44. The van der Waals surface area contributed by atoms with E-state index in [4.69, 9.17) is 16.7 Å². The van der Waals surface area contributed by atoms with E-state index < -0.39 is 29.6 Å². The topological polar surface area (TPSA) is 129 Å². The van der Waals surface area contributed by atoms with Crippen LogP contribution in [0.3, 0.4) is 0 Å². The largest absolute Gasteiger partial charge is 0.416 e. The molecule has 9 nitrogen and oxygen atoms in total. The Morgan fingerprint density at radius 3 is 2.63 bits per heavy atom. The molecular weight excluding hydrogens is 509 g/mol. The van der Waals surface area contributed by atoms with E-state index in [0.29, 0.717) is 5.01 Å². The second-order valence-corrected chi connectivity index (χ2v) is 8.71. The van der Waals surface area contributed by atoms with Gasteiger partial charge >= 0.3 is 6.18 Å². The molecule has 0 bridgehead atoms. The van der Waals surface area contributed by atoms with Crippen molar-refractivity contribution in [1.82, 2.24) is 20.3 Å². The Morgan fingerprint density at radius 1 is 1.20 bits per heavy atom. The number of aliphatic hydroxyl groups excluding tert-OH is 1. The average molecular weight is 529 g/mol. The lowest BCUT2D eigenvalue weighted by atomic mass is 10.1. The lowest BCUT2D eigenvalue weighted by Crippen LogP contribution is -2.28. The minimum Gasteiger partial charge on any atom is -0.395 e. The van der Waals surface area contributed by atoms with Crippen LogP contribution in [0.5, 0.6) is 0 Å². The zero-order valence-electron chi connectivity index (χ0n) is 18.4. The van der Waals surface area contributed by atoms with Crippen LogP contribution in [0.2, 0.25) is 5.02 Å². The fourth-order valence-corrected chi connectivity index (χ4v) is 4.01. The summed E-state index contributed by atoms with van der Waals surface area (Å²) in [5.74, 6) is -1.06. The van der Waals surface area contributed by atoms with Crippen LogP contribution in [0.25, 0.3) is 0 Å². The molecular formula is C21H20ClF3N6O3S. The number of carbonyl (C=O) groups is 2. The Bertz CT molecular complexity index is 1240. The van der Waals surface area contributed by atoms with E-state index in [1.807, 2.05) is 0 Å². The first kappa shape index (κ1) is 26.3. The molecule has 2 aromatic heterocycles. The third-order valence-electron chi connectivity index (χ3n) is 4.68. The number of hydrogen-bond donors (Lipinski definition) is 4. The second kappa shape index (κ2) is 11.0. The minimum absolute atomic E-state index is 0.00626. The SMILES string of the molecule is Cc1ccc(NC(=O)c2cnc([C@H](C)NC(=O)c3ncnc(NCCO)c3Cl)s2)cc1C(F)(F)F. The standard InChI is InChI=1S/C21H20ClF3N6O3S/c1-10-3-4-12(7-13(10)21(23,24)25)31-18(33)14-8-27-20(35-14)11(2)30-19(34)16-15(22)17(26-5-6-32)29-9-28-16/h3-4,7-9,11,32H,5-6H2,1-2H3,(H,30,34)(H,31,33)(H,26,28,29)/t11-/m0/s1. The average Bonchev–Trinajstić information content (AvgIpc) is 3.29. The number of amides is 2. The van der Waals surface area contributed by atoms with Gasteiger partial charge in [-0.1, -0.05) is 17.7 Å². The fourth-order valence-electron chi connectivity index (χ4n) is 2.94. The summed E-state index contributed by atoms with van der Waals surface area (Å²) in [6, 6.07) is 2.89. The molecule has 35 heavy (non-hydrogen) atoms. The summed E-state index contributed by atoms with van der Waals surface area (Å²) in [5.41, 5.74) is -0.897. The molecule has 4 N–H and O–H groups in total. The highest BCUT2D eigenvalue weighted by atomic mass is 35.5. The molecule has 0 saturated heterocycles. The summed E-state index contributed by atoms with van der Waals surface area (Å²) in [4.78, 5) is 37.3. The number of carbonyl (C=O) groups excluding carboxylic acids is 2. The fraction of sp³-hybridized carbons (Fsp3) is 0.286. The van der Waals surface area contributed by atoms with Crippen LogP contribution in [0.4, 0.5) is 24.7 Å². The monoisotopic (exact) mass is 528 g/mol. The molecule has 3 aromatic rings. The van der Waals surface area contributed by atoms with Gasteiger partial charge in [0.05, 0.1) is 24.4 Å². The van der Waals surface area contributed by atoms with Crippen LogP contribution in [-0.4, -0.2) is 45.0 Å². The second-order valence-electron chi connectivity index (χ2n) is 7.27. The number of anilines is 2. The number of nitrogens with zero attached hydrogens (tertiary/aromatic N) is 3. The molecule has 0 aliphatic heterocycles. The molecule has 2 amide bonds. The summed E-state index contributed by atoms with van der Waals surface area (Å²) in [5, 5.41) is 17.1. The molecule has 0 aliphatic rings. The van der Waals surface area contributed by atoms with Gasteiger partial charge in [0.2, 0.25) is 0 Å². The number of halogens is 4. The van der Waals surface area contributed by atoms with Gasteiger partial charge in [-0.25, -0.2) is 15.0 Å². The number of aromatic nitrogens is 3. The first-order valence-corrected chi connectivity index (χ1v) is 11.3. The smallest absolute Gasteiger partial charge is 0.395 e. The van der Waals surface area contributed by atoms with Crippen molar-refractivity contribution in [3.8, 4) is 0 Å². The molecule has 3 rings (SSSR count). The molecule has 1 aromatic carbocycles. The van der Waals surface area contributed by atoms with Gasteiger partial charge in [0.25, 0.3) is 11.8 Å². The Hall–Kier alpha value is -3.29. The van der Waals surface area contributed by atoms with Crippen molar-refractivity contribution in [3.63, 3.8) is 0 Å². The summed E-state index contributed by atoms with van der Waals surface area (Å²) in [6.07, 6.45) is -2.13. The zero-order valence-corrected chi connectivity index (χ0v) is 20.0. The Kier molecular flexibility index (Phi) is 8.25. The molecule has 0 unspecified atom stereocenters. The summed E-state index contributed by atoms with van der Waals surface area (Å²) >= 11 is 7.15. The van der Waals surface area contributed by atoms with Crippen LogP contribution in [0, 0.1) is 6.92 Å². The summed E-state index contributed by atoms with van der Waals surface area (Å²) in [7, 11) is 0. The van der Waals surface area contributed by atoms with Crippen molar-refractivity contribution >= 4 is 46.3 Å². The molecule has 0 fully saturated rings. The maximum atomic E-state index is 13.1. The molecule has 2 heterocycles. The lowest BCUT2D eigenvalue weighted by molar-refractivity contribution is -0.138. The van der Waals surface area contributed by atoms with Crippen molar-refractivity contribution in [2.75, 3.05) is 23.8 Å². The molecule has 1 atom stereocenters. The van der Waals surface area contributed by atoms with E-state index >= 15 is 0 Å². The van der Waals surface area contributed by atoms with E-state index in [2.05, 4.69) is 30.9 Å². The van der Waals surface area contributed by atoms with Crippen LogP contribution in [0.15, 0.2) is 30.7 Å². The highest BCUT2D eigenvalue weighted by molar-refractivity contribution is 7.13. The van der Waals surface area contributed by atoms with Crippen LogP contribution in [0.1, 0.15) is 49.3 Å². The van der Waals surface area contributed by atoms with Gasteiger partial charge in [0, 0.05) is 12.2 Å². The number of aryl methyl sites for hydroxylation is 1. The molecule has 0 saturated carbocycles. The first-order chi connectivity index (χ1) is 16.5. The van der Waals surface area contributed by atoms with Crippen LogP contribution in [-0.2, 0) is 6.18 Å². The number of benzene rings is 1. The zero-order chi connectivity index (χ0) is 25.8. The number of hydrogen-bond acceptors (Lipinski definition) is 8. The molecule has 186 valence electrons. The Morgan fingerprint density at radius 2 is 1.94 bits per heavy atom. The normalized spacial score (nSPS) is 12.2. The Labute approximate surface area is 206 Å². The van der Waals surface area contributed by atoms with Crippen molar-refractivity contribution in [2.45, 2.75) is 26.1 Å². The number of alkyl halides is 3. The highest BCUT2D eigenvalue weighted by Gasteiger charge is 2.32. The summed E-state index contributed by atoms with van der Waals surface area (Å²) in [6.45, 7) is 2.99. The van der Waals surface area contributed by atoms with Crippen molar-refractivity contribution in [2.24, 2.45) is 0 Å². The van der Waals surface area contributed by atoms with E-state index in [1.54, 1.807) is 6.92 Å². The van der Waals surface area contributed by atoms with Gasteiger partial charge < -0.3 is 21.1 Å². The number of thiazole rings is 1. The van der Waals surface area contributed by atoms with E-state index in [1.165, 1.54) is 25.3 Å². The molecule has 0 aliphatic carbocycles. The van der Waals surface area contributed by atoms with Crippen LogP contribution >= 0.6 is 22.9 Å². The van der Waals surface area contributed by atoms with E-state index in [9.17, 15) is 22.8 Å². The van der Waals surface area contributed by atoms with Gasteiger partial charge in [0.1, 0.15) is 27.1 Å². The van der Waals surface area contributed by atoms with Crippen molar-refractivity contribution in [1.29, 1.82) is 0 Å². The number of nitrogens with one attached hydrogen (secondary N) is 3. The maximum absolute atomic E-state index is 13.1. The highest BCUT2D eigenvalue weighted by Crippen LogP contribution is 2.33. The van der Waals surface area contributed by atoms with E-state index in [0.717, 1.165) is 23.7 Å². The number of aliphatic hydroxyl groups is 1. The van der Waals surface area contributed by atoms with Crippen molar-refractivity contribution in [3.05, 3.63) is 62.5 Å². The predicted octanol–water partition coefficient (Wildman–Crippen LogP) is 4.06. The molecule has 0 radical (unpaired) electrons. The molecule has 14 heteroatoms. The lowest BCUT2D eigenvalue weighted by Gasteiger charge is -2.13. The van der Waals surface area contributed by atoms with Crippen molar-refractivity contribution < 1.29 is 27.9 Å². The quantitative estimate of drug-likeness (QED) is 0.347.